The third-order valence-electron chi connectivity index (χ3n) is 4.37. The first-order valence-corrected chi connectivity index (χ1v) is 8.51. The van der Waals surface area contributed by atoms with Crippen LogP contribution >= 0.6 is 0 Å². The van der Waals surface area contributed by atoms with Gasteiger partial charge in [-0.15, -0.1) is 0 Å². The zero-order chi connectivity index (χ0) is 17.6. The van der Waals surface area contributed by atoms with Crippen molar-refractivity contribution in [1.82, 2.24) is 14.9 Å². The molecule has 2 N–H and O–H groups in total. The fourth-order valence-corrected chi connectivity index (χ4v) is 2.93. The molecule has 0 amide bonds. The summed E-state index contributed by atoms with van der Waals surface area (Å²) in [5.41, 5.74) is 3.00. The van der Waals surface area contributed by atoms with Gasteiger partial charge in [0.05, 0.1) is 19.4 Å². The number of ether oxygens (including phenoxy) is 1. The number of methoxy groups -OCH3 is 1. The summed E-state index contributed by atoms with van der Waals surface area (Å²) < 4.78 is 5.54. The summed E-state index contributed by atoms with van der Waals surface area (Å²) in [6.45, 7) is 6.72. The molecule has 0 radical (unpaired) electrons. The number of piperazine rings is 1. The van der Waals surface area contributed by atoms with Crippen LogP contribution in [0.1, 0.15) is 5.56 Å². The number of hydrogen-bond donors (Lipinski definition) is 2. The lowest BCUT2D eigenvalue weighted by Gasteiger charge is -2.36. The van der Waals surface area contributed by atoms with E-state index >= 15 is 0 Å². The van der Waals surface area contributed by atoms with Gasteiger partial charge in [0.15, 0.2) is 0 Å². The van der Waals surface area contributed by atoms with Crippen LogP contribution in [0.2, 0.25) is 0 Å². The summed E-state index contributed by atoms with van der Waals surface area (Å²) in [5, 5.41) is 12.3. The molecular formula is C18H25N5O2. The highest BCUT2D eigenvalue weighted by Crippen LogP contribution is 2.31. The van der Waals surface area contributed by atoms with Crippen molar-refractivity contribution < 1.29 is 9.84 Å². The SMILES string of the molecule is COc1cc(N2CCN(CCO)CC2)ccc1Nc1ncc(C)cn1. The second kappa shape index (κ2) is 8.13. The van der Waals surface area contributed by atoms with Crippen LogP contribution in [0.15, 0.2) is 30.6 Å². The molecule has 1 aliphatic heterocycles. The Morgan fingerprint density at radius 3 is 2.52 bits per heavy atom. The molecule has 2 aromatic rings. The number of aliphatic hydroxyl groups excluding tert-OH is 1. The van der Waals surface area contributed by atoms with E-state index in [-0.39, 0.29) is 6.61 Å². The summed E-state index contributed by atoms with van der Waals surface area (Å²) in [6.07, 6.45) is 3.56. The Kier molecular flexibility index (Phi) is 5.67. The Morgan fingerprint density at radius 2 is 1.88 bits per heavy atom. The fourth-order valence-electron chi connectivity index (χ4n) is 2.93. The van der Waals surface area contributed by atoms with E-state index in [1.165, 1.54) is 0 Å². The van der Waals surface area contributed by atoms with E-state index in [2.05, 4.69) is 31.2 Å². The van der Waals surface area contributed by atoms with Gasteiger partial charge in [0, 0.05) is 56.9 Å². The largest absolute Gasteiger partial charge is 0.494 e. The van der Waals surface area contributed by atoms with Crippen molar-refractivity contribution in [3.8, 4) is 5.75 Å². The van der Waals surface area contributed by atoms with Crippen LogP contribution in [0.25, 0.3) is 0 Å². The summed E-state index contributed by atoms with van der Waals surface area (Å²) in [5.74, 6) is 1.31. The first-order chi connectivity index (χ1) is 12.2. The van der Waals surface area contributed by atoms with Crippen LogP contribution in [0.5, 0.6) is 5.75 Å². The molecule has 0 aliphatic carbocycles. The molecule has 0 atom stereocenters. The Labute approximate surface area is 148 Å². The van der Waals surface area contributed by atoms with Crippen molar-refractivity contribution in [3.05, 3.63) is 36.2 Å². The van der Waals surface area contributed by atoms with Crippen LogP contribution < -0.4 is 15.0 Å². The Balaban J connectivity index is 1.70. The van der Waals surface area contributed by atoms with Gasteiger partial charge in [-0.2, -0.15) is 0 Å². The molecule has 134 valence electrons. The molecule has 1 aromatic carbocycles. The van der Waals surface area contributed by atoms with Crippen molar-refractivity contribution in [2.75, 3.05) is 56.7 Å². The van der Waals surface area contributed by atoms with Crippen LogP contribution in [-0.2, 0) is 0 Å². The topological polar surface area (TPSA) is 73.8 Å². The number of hydrogen-bond acceptors (Lipinski definition) is 7. The molecule has 0 bridgehead atoms. The highest BCUT2D eigenvalue weighted by molar-refractivity contribution is 5.68. The number of benzene rings is 1. The second-order valence-electron chi connectivity index (χ2n) is 6.15. The number of β-amino-alcohol motifs (C(OH)–C–C–N with tert-alkyl or cyclic N) is 1. The third-order valence-corrected chi connectivity index (χ3v) is 4.37. The number of nitrogens with one attached hydrogen (secondary N) is 1. The lowest BCUT2D eigenvalue weighted by Crippen LogP contribution is -2.47. The lowest BCUT2D eigenvalue weighted by molar-refractivity contribution is 0.189. The van der Waals surface area contributed by atoms with Crippen LogP contribution in [0, 0.1) is 6.92 Å². The molecule has 3 rings (SSSR count). The summed E-state index contributed by atoms with van der Waals surface area (Å²) in [6, 6.07) is 6.12. The first kappa shape index (κ1) is 17.4. The number of rotatable bonds is 6. The second-order valence-corrected chi connectivity index (χ2v) is 6.15. The number of aliphatic hydroxyl groups is 1. The molecule has 0 saturated carbocycles. The van der Waals surface area contributed by atoms with Crippen molar-refractivity contribution in [2.24, 2.45) is 0 Å². The van der Waals surface area contributed by atoms with E-state index in [0.717, 1.165) is 55.4 Å². The molecule has 1 aromatic heterocycles. The minimum Gasteiger partial charge on any atom is -0.494 e. The molecule has 2 heterocycles. The van der Waals surface area contributed by atoms with Crippen molar-refractivity contribution >= 4 is 17.3 Å². The van der Waals surface area contributed by atoms with Gasteiger partial charge in [-0.3, -0.25) is 4.90 Å². The highest BCUT2D eigenvalue weighted by Gasteiger charge is 2.18. The van der Waals surface area contributed by atoms with Gasteiger partial charge in [0.2, 0.25) is 5.95 Å². The predicted molar refractivity (Wildman–Crippen MR) is 98.8 cm³/mol. The van der Waals surface area contributed by atoms with E-state index in [4.69, 9.17) is 9.84 Å². The minimum absolute atomic E-state index is 0.218. The molecule has 7 heteroatoms. The van der Waals surface area contributed by atoms with Crippen molar-refractivity contribution in [2.45, 2.75) is 6.92 Å². The van der Waals surface area contributed by atoms with E-state index in [0.29, 0.717) is 5.95 Å². The monoisotopic (exact) mass is 343 g/mol. The number of aromatic nitrogens is 2. The van der Waals surface area contributed by atoms with Gasteiger partial charge < -0.3 is 20.1 Å². The van der Waals surface area contributed by atoms with E-state index in [9.17, 15) is 0 Å². The van der Waals surface area contributed by atoms with Gasteiger partial charge in [0.25, 0.3) is 0 Å². The van der Waals surface area contributed by atoms with Gasteiger partial charge in [0.1, 0.15) is 5.75 Å². The van der Waals surface area contributed by atoms with Crippen LogP contribution in [0.4, 0.5) is 17.3 Å². The van der Waals surface area contributed by atoms with Gasteiger partial charge >= 0.3 is 0 Å². The van der Waals surface area contributed by atoms with E-state index < -0.39 is 0 Å². The molecule has 1 fully saturated rings. The molecule has 1 aliphatic rings. The third kappa shape index (κ3) is 4.37. The summed E-state index contributed by atoms with van der Waals surface area (Å²) in [7, 11) is 1.67. The number of anilines is 3. The maximum atomic E-state index is 9.05. The number of aryl methyl sites for hydroxylation is 1. The van der Waals surface area contributed by atoms with E-state index in [1.54, 1.807) is 19.5 Å². The zero-order valence-corrected chi connectivity index (χ0v) is 14.8. The molecule has 0 spiro atoms. The molecule has 1 saturated heterocycles. The van der Waals surface area contributed by atoms with E-state index in [1.807, 2.05) is 19.1 Å². The molecule has 0 unspecified atom stereocenters. The normalized spacial score (nSPS) is 15.2. The zero-order valence-electron chi connectivity index (χ0n) is 14.8. The maximum Gasteiger partial charge on any atom is 0.227 e. The standard InChI is InChI=1S/C18H25N5O2/c1-14-12-19-18(20-13-14)21-16-4-3-15(11-17(16)25-2)23-7-5-22(6-8-23)9-10-24/h3-4,11-13,24H,5-10H2,1-2H3,(H,19,20,21). The summed E-state index contributed by atoms with van der Waals surface area (Å²) in [4.78, 5) is 13.2. The first-order valence-electron chi connectivity index (χ1n) is 8.51. The van der Waals surface area contributed by atoms with Crippen molar-refractivity contribution in [3.63, 3.8) is 0 Å². The van der Waals surface area contributed by atoms with Crippen LogP contribution in [0.3, 0.4) is 0 Å². The smallest absolute Gasteiger partial charge is 0.227 e. The fraction of sp³-hybridized carbons (Fsp3) is 0.444. The Hall–Kier alpha value is -2.38. The van der Waals surface area contributed by atoms with Gasteiger partial charge in [-0.25, -0.2) is 9.97 Å². The number of nitrogens with zero attached hydrogens (tertiary/aromatic N) is 4. The molecule has 25 heavy (non-hydrogen) atoms. The maximum absolute atomic E-state index is 9.05. The summed E-state index contributed by atoms with van der Waals surface area (Å²) >= 11 is 0. The highest BCUT2D eigenvalue weighted by atomic mass is 16.5. The lowest BCUT2D eigenvalue weighted by atomic mass is 10.2. The Bertz CT molecular complexity index is 684. The average molecular weight is 343 g/mol. The molecule has 7 nitrogen and oxygen atoms in total. The van der Waals surface area contributed by atoms with Crippen molar-refractivity contribution in [1.29, 1.82) is 0 Å². The minimum atomic E-state index is 0.218. The Morgan fingerprint density at radius 1 is 1.16 bits per heavy atom. The molecular weight excluding hydrogens is 318 g/mol. The predicted octanol–water partition coefficient (Wildman–Crippen LogP) is 1.65. The average Bonchev–Trinajstić information content (AvgIpc) is 2.65. The quantitative estimate of drug-likeness (QED) is 0.826. The van der Waals surface area contributed by atoms with Crippen LogP contribution in [-0.4, -0.2) is 66.4 Å². The van der Waals surface area contributed by atoms with Gasteiger partial charge in [-0.1, -0.05) is 0 Å². The van der Waals surface area contributed by atoms with Gasteiger partial charge in [-0.05, 0) is 24.6 Å².